The number of hydrogen-bond donors (Lipinski definition) is 0. The van der Waals surface area contributed by atoms with Crippen molar-refractivity contribution in [2.24, 2.45) is 47.3 Å². The average molecular weight is 481 g/mol. The molecular formula is C33H56Si. The van der Waals surface area contributed by atoms with Crippen LogP contribution in [0.4, 0.5) is 0 Å². The zero-order valence-electron chi connectivity index (χ0n) is 22.7. The van der Waals surface area contributed by atoms with E-state index in [1.54, 1.807) is 135 Å². The first-order chi connectivity index (χ1) is 16.8. The third-order valence-electron chi connectivity index (χ3n) is 14.4. The molecule has 7 aliphatic rings. The number of hydrogen-bond acceptors (Lipinski definition) is 0. The van der Waals surface area contributed by atoms with Gasteiger partial charge in [-0.3, -0.25) is 0 Å². The topological polar surface area (TPSA) is 0 Å². The maximum atomic E-state index is 3.17. The van der Waals surface area contributed by atoms with Gasteiger partial charge in [0.1, 0.15) is 0 Å². The second-order valence-electron chi connectivity index (χ2n) is 15.2. The molecule has 7 rings (SSSR count). The molecule has 1 heteroatoms. The summed E-state index contributed by atoms with van der Waals surface area (Å²) in [7, 11) is -1.42. The van der Waals surface area contributed by atoms with Crippen LogP contribution in [0.25, 0.3) is 0 Å². The molecule has 7 saturated carbocycles. The summed E-state index contributed by atoms with van der Waals surface area (Å²) < 4.78 is 0. The van der Waals surface area contributed by atoms with Crippen LogP contribution in [-0.4, -0.2) is 8.07 Å². The molecule has 0 aromatic carbocycles. The molecule has 0 nitrogen and oxygen atoms in total. The van der Waals surface area contributed by atoms with Crippen LogP contribution in [0.1, 0.15) is 135 Å². The zero-order chi connectivity index (χ0) is 22.7. The molecule has 0 bridgehead atoms. The molecule has 0 aliphatic heterocycles. The summed E-state index contributed by atoms with van der Waals surface area (Å²) >= 11 is 0. The first kappa shape index (κ1) is 23.3. The monoisotopic (exact) mass is 480 g/mol. The molecule has 0 radical (unpaired) electrons. The predicted octanol–water partition coefficient (Wildman–Crippen LogP) is 10.4. The Labute approximate surface area is 213 Å². The maximum absolute atomic E-state index is 3.17. The average Bonchev–Trinajstić information content (AvgIpc) is 3.43. The van der Waals surface area contributed by atoms with Gasteiger partial charge in [-0.15, -0.1) is 0 Å². The molecule has 0 amide bonds. The van der Waals surface area contributed by atoms with Gasteiger partial charge in [0.2, 0.25) is 0 Å². The van der Waals surface area contributed by atoms with Gasteiger partial charge < -0.3 is 0 Å². The Morgan fingerprint density at radius 1 is 0.324 bits per heavy atom. The van der Waals surface area contributed by atoms with E-state index in [1.165, 1.54) is 64.0 Å². The Hall–Kier alpha value is 0.217. The van der Waals surface area contributed by atoms with E-state index in [4.69, 9.17) is 0 Å². The summed E-state index contributed by atoms with van der Waals surface area (Å²) in [4.78, 5) is 0. The lowest BCUT2D eigenvalue weighted by molar-refractivity contribution is 0.184. The molecule has 0 saturated heterocycles. The van der Waals surface area contributed by atoms with E-state index in [0.29, 0.717) is 0 Å². The van der Waals surface area contributed by atoms with Crippen LogP contribution >= 0.6 is 0 Å². The van der Waals surface area contributed by atoms with Crippen molar-refractivity contribution in [2.75, 3.05) is 0 Å². The summed E-state index contributed by atoms with van der Waals surface area (Å²) in [5.41, 5.74) is 3.71. The predicted molar refractivity (Wildman–Crippen MR) is 148 cm³/mol. The standard InChI is InChI=1S/C33H56Si/c1-34(23-13-3-2-4-14-23,32-28-19-9-5-15-24(28)25-16-6-10-20-29(25)32)33-30-21-11-7-17-26(30)27-18-8-12-22-31(27)33/h23-33H,2-22H2,1H3. The van der Waals surface area contributed by atoms with Crippen molar-refractivity contribution in [3.05, 3.63) is 0 Å². The molecule has 0 aromatic heterocycles. The van der Waals surface area contributed by atoms with Crippen molar-refractivity contribution >= 4 is 8.07 Å². The van der Waals surface area contributed by atoms with Gasteiger partial charge >= 0.3 is 0 Å². The molecule has 34 heavy (non-hydrogen) atoms. The Morgan fingerprint density at radius 2 is 0.588 bits per heavy atom. The van der Waals surface area contributed by atoms with Crippen molar-refractivity contribution in [1.29, 1.82) is 0 Å². The summed E-state index contributed by atoms with van der Waals surface area (Å²) in [6, 6.07) is 0. The third-order valence-corrected chi connectivity index (χ3v) is 21.3. The van der Waals surface area contributed by atoms with Crippen molar-refractivity contribution in [2.45, 2.75) is 158 Å². The first-order valence-corrected chi connectivity index (χ1v) is 19.5. The van der Waals surface area contributed by atoms with Gasteiger partial charge in [-0.05, 0) is 89.7 Å². The Morgan fingerprint density at radius 3 is 0.912 bits per heavy atom. The molecule has 7 fully saturated rings. The fourth-order valence-corrected chi connectivity index (χ4v) is 22.2. The molecule has 0 aromatic rings. The molecule has 8 unspecified atom stereocenters. The Balaban J connectivity index is 1.34. The molecule has 7 aliphatic carbocycles. The van der Waals surface area contributed by atoms with Crippen molar-refractivity contribution in [3.8, 4) is 0 Å². The second-order valence-corrected chi connectivity index (χ2v) is 20.1. The van der Waals surface area contributed by atoms with Crippen LogP contribution in [-0.2, 0) is 0 Å². The first-order valence-electron chi connectivity index (χ1n) is 16.8. The molecule has 192 valence electrons. The van der Waals surface area contributed by atoms with E-state index in [-0.39, 0.29) is 0 Å². The summed E-state index contributed by atoms with van der Waals surface area (Å²) in [5.74, 6) is 9.43. The fraction of sp³-hybridized carbons (Fsp3) is 1.00. The van der Waals surface area contributed by atoms with E-state index in [0.717, 1.165) is 0 Å². The molecular weight excluding hydrogens is 424 g/mol. The Kier molecular flexibility index (Phi) is 6.53. The van der Waals surface area contributed by atoms with E-state index in [9.17, 15) is 0 Å². The second kappa shape index (κ2) is 9.51. The molecule has 0 heterocycles. The van der Waals surface area contributed by atoms with Gasteiger partial charge in [0.05, 0.1) is 8.07 Å². The highest BCUT2D eigenvalue weighted by molar-refractivity contribution is 6.83. The van der Waals surface area contributed by atoms with Gasteiger partial charge in [-0.1, -0.05) is 116 Å². The minimum absolute atomic E-state index is 1.17. The van der Waals surface area contributed by atoms with Crippen LogP contribution in [0.3, 0.4) is 0 Å². The zero-order valence-corrected chi connectivity index (χ0v) is 23.7. The van der Waals surface area contributed by atoms with Crippen LogP contribution in [0.5, 0.6) is 0 Å². The van der Waals surface area contributed by atoms with Gasteiger partial charge in [0.15, 0.2) is 0 Å². The highest BCUT2D eigenvalue weighted by atomic mass is 28.3. The third kappa shape index (κ3) is 3.54. The lowest BCUT2D eigenvalue weighted by Crippen LogP contribution is -2.54. The van der Waals surface area contributed by atoms with Gasteiger partial charge in [-0.25, -0.2) is 0 Å². The van der Waals surface area contributed by atoms with E-state index >= 15 is 0 Å². The molecule has 0 spiro atoms. The smallest absolute Gasteiger partial charge is 0.0609 e. The van der Waals surface area contributed by atoms with Crippen LogP contribution in [0, 0.1) is 47.3 Å². The normalized spacial score (nSPS) is 51.1. The number of fused-ring (bicyclic) bond motifs is 6. The molecule has 0 N–H and O–H groups in total. The van der Waals surface area contributed by atoms with Crippen molar-refractivity contribution in [1.82, 2.24) is 0 Å². The van der Waals surface area contributed by atoms with E-state index < -0.39 is 8.07 Å². The SMILES string of the molecule is C[Si](C1CCCCC1)(C1C2CCCCC2C2CCCCC21)C1C2CCCCC2C2CCCCC21. The summed E-state index contributed by atoms with van der Waals surface area (Å²) in [5, 5.41) is 0. The molecule has 8 atom stereocenters. The summed E-state index contributed by atoms with van der Waals surface area (Å²) in [6.07, 6.45) is 34.0. The minimum Gasteiger partial charge on any atom is -0.0685 e. The van der Waals surface area contributed by atoms with Crippen LogP contribution < -0.4 is 0 Å². The lowest BCUT2D eigenvalue weighted by Gasteiger charge is -2.55. The van der Waals surface area contributed by atoms with Gasteiger partial charge in [0, 0.05) is 0 Å². The van der Waals surface area contributed by atoms with Crippen molar-refractivity contribution in [3.63, 3.8) is 0 Å². The minimum atomic E-state index is -1.42. The maximum Gasteiger partial charge on any atom is 0.0609 e. The fourth-order valence-electron chi connectivity index (χ4n) is 13.6. The number of rotatable bonds is 3. The summed E-state index contributed by atoms with van der Waals surface area (Å²) in [6.45, 7) is 3.17. The highest BCUT2D eigenvalue weighted by Gasteiger charge is 2.66. The lowest BCUT2D eigenvalue weighted by atomic mass is 9.73. The van der Waals surface area contributed by atoms with Crippen LogP contribution in [0.15, 0.2) is 0 Å². The van der Waals surface area contributed by atoms with Gasteiger partial charge in [-0.2, -0.15) is 0 Å². The van der Waals surface area contributed by atoms with Crippen LogP contribution in [0.2, 0.25) is 23.2 Å². The Bertz CT molecular complexity index is 615. The largest absolute Gasteiger partial charge is 0.0685 e. The quantitative estimate of drug-likeness (QED) is 0.352. The van der Waals surface area contributed by atoms with Gasteiger partial charge in [0.25, 0.3) is 0 Å². The van der Waals surface area contributed by atoms with Crippen molar-refractivity contribution < 1.29 is 0 Å². The highest BCUT2D eigenvalue weighted by Crippen LogP contribution is 2.73. The van der Waals surface area contributed by atoms with E-state index in [1.807, 2.05) is 0 Å². The van der Waals surface area contributed by atoms with E-state index in [2.05, 4.69) is 6.55 Å².